The Morgan fingerprint density at radius 1 is 1.06 bits per heavy atom. The van der Waals surface area contributed by atoms with E-state index in [9.17, 15) is 0 Å². The first-order valence-corrected chi connectivity index (χ1v) is 7.93. The van der Waals surface area contributed by atoms with Gasteiger partial charge in [0.05, 0.1) is 0 Å². The Labute approximate surface area is 109 Å². The van der Waals surface area contributed by atoms with Crippen LogP contribution in [0, 0.1) is 5.92 Å². The summed E-state index contributed by atoms with van der Waals surface area (Å²) in [6.45, 7) is 8.27. The molecule has 0 aliphatic carbocycles. The molecule has 0 bridgehead atoms. The van der Waals surface area contributed by atoms with E-state index in [1.165, 1.54) is 70.8 Å². The van der Waals surface area contributed by atoms with Crippen LogP contribution in [0.15, 0.2) is 0 Å². The lowest BCUT2D eigenvalue weighted by Crippen LogP contribution is -2.40. The molecule has 0 aromatic heterocycles. The third-order valence-corrected chi connectivity index (χ3v) is 4.14. The van der Waals surface area contributed by atoms with Gasteiger partial charge in [-0.25, -0.2) is 0 Å². The van der Waals surface area contributed by atoms with Gasteiger partial charge in [-0.2, -0.15) is 0 Å². The van der Waals surface area contributed by atoms with Gasteiger partial charge in [-0.3, -0.25) is 0 Å². The van der Waals surface area contributed by atoms with Gasteiger partial charge in [0.1, 0.15) is 0 Å². The van der Waals surface area contributed by atoms with Crippen LogP contribution < -0.4 is 5.32 Å². The van der Waals surface area contributed by atoms with Crippen molar-refractivity contribution in [2.75, 3.05) is 6.54 Å². The van der Waals surface area contributed by atoms with Gasteiger partial charge in [-0.15, -0.1) is 0 Å². The molecule has 0 aromatic carbocycles. The normalized spacial score (nSPS) is 24.7. The van der Waals surface area contributed by atoms with E-state index in [4.69, 9.17) is 0 Å². The number of rotatable bonds is 9. The maximum absolute atomic E-state index is 3.80. The number of unbranched alkanes of at least 4 members (excludes halogenated alkanes) is 5. The summed E-state index contributed by atoms with van der Waals surface area (Å²) < 4.78 is 0. The van der Waals surface area contributed by atoms with Crippen LogP contribution in [0.25, 0.3) is 0 Å². The Balaban J connectivity index is 2.16. The van der Waals surface area contributed by atoms with Gasteiger partial charge in [0.15, 0.2) is 0 Å². The topological polar surface area (TPSA) is 12.0 Å². The molecule has 1 saturated heterocycles. The molecule has 1 N–H and O–H groups in total. The van der Waals surface area contributed by atoms with E-state index < -0.39 is 0 Å². The lowest BCUT2D eigenvalue weighted by atomic mass is 9.83. The first-order valence-electron chi connectivity index (χ1n) is 7.93. The molecule has 1 aliphatic heterocycles. The standard InChI is InChI=1S/C16H33N/c1-4-5-6-7-8-9-11-16(14-15(2)3)12-10-13-17-16/h15,17H,4-14H2,1-3H3. The van der Waals surface area contributed by atoms with Crippen LogP contribution in [0.1, 0.15) is 85.0 Å². The number of hydrogen-bond acceptors (Lipinski definition) is 1. The van der Waals surface area contributed by atoms with Gasteiger partial charge in [-0.05, 0) is 38.1 Å². The highest BCUT2D eigenvalue weighted by Crippen LogP contribution is 2.32. The highest BCUT2D eigenvalue weighted by molar-refractivity contribution is 4.93. The minimum Gasteiger partial charge on any atom is -0.311 e. The molecule has 1 heterocycles. The summed E-state index contributed by atoms with van der Waals surface area (Å²) in [4.78, 5) is 0. The Morgan fingerprint density at radius 2 is 1.76 bits per heavy atom. The molecule has 17 heavy (non-hydrogen) atoms. The van der Waals surface area contributed by atoms with Crippen LogP contribution in [0.2, 0.25) is 0 Å². The first-order chi connectivity index (χ1) is 8.18. The van der Waals surface area contributed by atoms with E-state index in [-0.39, 0.29) is 0 Å². The first kappa shape index (κ1) is 15.0. The molecule has 0 aromatic rings. The predicted octanol–water partition coefficient (Wildman–Crippen LogP) is 4.91. The number of nitrogens with one attached hydrogen (secondary N) is 1. The average Bonchev–Trinajstić information content (AvgIpc) is 2.71. The molecule has 0 amide bonds. The zero-order chi connectivity index (χ0) is 12.6. The highest BCUT2D eigenvalue weighted by Gasteiger charge is 2.32. The minimum absolute atomic E-state index is 0.513. The van der Waals surface area contributed by atoms with E-state index in [2.05, 4.69) is 26.1 Å². The third-order valence-electron chi connectivity index (χ3n) is 4.14. The molecule has 1 aliphatic rings. The molecule has 0 radical (unpaired) electrons. The van der Waals surface area contributed by atoms with Crippen LogP contribution in [-0.2, 0) is 0 Å². The van der Waals surface area contributed by atoms with Gasteiger partial charge >= 0.3 is 0 Å². The third kappa shape index (κ3) is 5.90. The van der Waals surface area contributed by atoms with Crippen LogP contribution >= 0.6 is 0 Å². The van der Waals surface area contributed by atoms with Gasteiger partial charge in [-0.1, -0.05) is 59.3 Å². The van der Waals surface area contributed by atoms with Crippen molar-refractivity contribution in [1.29, 1.82) is 0 Å². The SMILES string of the molecule is CCCCCCCCC1(CC(C)C)CCCN1. The van der Waals surface area contributed by atoms with E-state index in [0.717, 1.165) is 5.92 Å². The summed E-state index contributed by atoms with van der Waals surface area (Å²) in [7, 11) is 0. The monoisotopic (exact) mass is 239 g/mol. The van der Waals surface area contributed by atoms with E-state index in [1.807, 2.05) is 0 Å². The second-order valence-electron chi connectivity index (χ2n) is 6.43. The fourth-order valence-electron chi connectivity index (χ4n) is 3.38. The van der Waals surface area contributed by atoms with Crippen molar-refractivity contribution in [3.05, 3.63) is 0 Å². The van der Waals surface area contributed by atoms with Crippen molar-refractivity contribution in [2.24, 2.45) is 5.92 Å². The van der Waals surface area contributed by atoms with Gasteiger partial charge < -0.3 is 5.32 Å². The summed E-state index contributed by atoms with van der Waals surface area (Å²) in [6, 6.07) is 0. The molecular formula is C16H33N. The van der Waals surface area contributed by atoms with Crippen LogP contribution in [0.4, 0.5) is 0 Å². The van der Waals surface area contributed by atoms with Crippen LogP contribution in [0.5, 0.6) is 0 Å². The fraction of sp³-hybridized carbons (Fsp3) is 1.00. The fourth-order valence-corrected chi connectivity index (χ4v) is 3.38. The lowest BCUT2D eigenvalue weighted by molar-refractivity contribution is 0.274. The predicted molar refractivity (Wildman–Crippen MR) is 77.4 cm³/mol. The van der Waals surface area contributed by atoms with Crippen LogP contribution in [-0.4, -0.2) is 12.1 Å². The quantitative estimate of drug-likeness (QED) is 0.564. The van der Waals surface area contributed by atoms with Gasteiger partial charge in [0, 0.05) is 5.54 Å². The minimum atomic E-state index is 0.513. The molecule has 1 atom stereocenters. The zero-order valence-electron chi connectivity index (χ0n) is 12.4. The molecule has 1 unspecified atom stereocenters. The summed E-state index contributed by atoms with van der Waals surface area (Å²) in [5.74, 6) is 0.834. The van der Waals surface area contributed by atoms with Crippen molar-refractivity contribution in [2.45, 2.75) is 90.5 Å². The second kappa shape index (κ2) is 8.13. The summed E-state index contributed by atoms with van der Waals surface area (Å²) >= 11 is 0. The van der Waals surface area contributed by atoms with Gasteiger partial charge in [0.2, 0.25) is 0 Å². The second-order valence-corrected chi connectivity index (χ2v) is 6.43. The number of hydrogen-bond donors (Lipinski definition) is 1. The van der Waals surface area contributed by atoms with E-state index in [1.54, 1.807) is 0 Å². The van der Waals surface area contributed by atoms with Crippen molar-refractivity contribution < 1.29 is 0 Å². The summed E-state index contributed by atoms with van der Waals surface area (Å²) in [5.41, 5.74) is 0.513. The van der Waals surface area contributed by atoms with Crippen molar-refractivity contribution in [1.82, 2.24) is 5.32 Å². The molecule has 0 saturated carbocycles. The molecule has 0 spiro atoms. The zero-order valence-corrected chi connectivity index (χ0v) is 12.4. The Hall–Kier alpha value is -0.0400. The molecule has 102 valence electrons. The molecule has 1 nitrogen and oxygen atoms in total. The largest absolute Gasteiger partial charge is 0.311 e. The van der Waals surface area contributed by atoms with E-state index in [0.29, 0.717) is 5.54 Å². The maximum Gasteiger partial charge on any atom is 0.0184 e. The average molecular weight is 239 g/mol. The molecule has 1 rings (SSSR count). The molecular weight excluding hydrogens is 206 g/mol. The Kier molecular flexibility index (Phi) is 7.18. The van der Waals surface area contributed by atoms with Crippen molar-refractivity contribution in [3.8, 4) is 0 Å². The highest BCUT2D eigenvalue weighted by atomic mass is 15.0. The maximum atomic E-state index is 3.80. The van der Waals surface area contributed by atoms with E-state index >= 15 is 0 Å². The lowest BCUT2D eigenvalue weighted by Gasteiger charge is -2.31. The van der Waals surface area contributed by atoms with Crippen LogP contribution in [0.3, 0.4) is 0 Å². The smallest absolute Gasteiger partial charge is 0.0184 e. The molecule has 1 heteroatoms. The summed E-state index contributed by atoms with van der Waals surface area (Å²) in [6.07, 6.45) is 14.2. The van der Waals surface area contributed by atoms with Gasteiger partial charge in [0.25, 0.3) is 0 Å². The Bertz CT molecular complexity index is 180. The van der Waals surface area contributed by atoms with Crippen molar-refractivity contribution in [3.63, 3.8) is 0 Å². The van der Waals surface area contributed by atoms with Crippen molar-refractivity contribution >= 4 is 0 Å². The molecule has 1 fully saturated rings. The Morgan fingerprint density at radius 3 is 2.35 bits per heavy atom. The summed E-state index contributed by atoms with van der Waals surface area (Å²) in [5, 5.41) is 3.80.